The van der Waals surface area contributed by atoms with E-state index < -0.39 is 0 Å². The number of hydrogen-bond acceptors (Lipinski definition) is 2. The monoisotopic (exact) mass is 249 g/mol. The Bertz CT molecular complexity index is 386. The van der Waals surface area contributed by atoms with Crippen LogP contribution in [0.5, 0.6) is 5.75 Å². The zero-order valence-electron chi connectivity index (χ0n) is 10.5. The Balaban J connectivity index is 2.80. The van der Waals surface area contributed by atoms with Gasteiger partial charge in [-0.1, -0.05) is 24.3 Å². The summed E-state index contributed by atoms with van der Waals surface area (Å²) >= 11 is 5.28. The van der Waals surface area contributed by atoms with E-state index in [1.54, 1.807) is 0 Å². The van der Waals surface area contributed by atoms with Gasteiger partial charge in [-0.3, -0.25) is 0 Å². The first-order valence-electron chi connectivity index (χ1n) is 5.88. The smallest absolute Gasteiger partial charge is 0.264 e. The van der Waals surface area contributed by atoms with Gasteiger partial charge in [0.2, 0.25) is 0 Å². The van der Waals surface area contributed by atoms with Crippen molar-refractivity contribution in [3.05, 3.63) is 42.5 Å². The van der Waals surface area contributed by atoms with Crippen molar-refractivity contribution in [1.29, 1.82) is 0 Å². The molecule has 0 aromatic heterocycles. The van der Waals surface area contributed by atoms with Crippen molar-refractivity contribution in [2.45, 2.75) is 20.3 Å². The Hall–Kier alpha value is -1.35. The van der Waals surface area contributed by atoms with Crippen LogP contribution < -0.4 is 4.74 Å². The van der Waals surface area contributed by atoms with Crippen molar-refractivity contribution in [2.75, 3.05) is 13.1 Å². The predicted octanol–water partition coefficient (Wildman–Crippen LogP) is 3.42. The minimum atomic E-state index is 0.534. The van der Waals surface area contributed by atoms with Crippen LogP contribution in [0.4, 0.5) is 0 Å². The molecule has 0 spiro atoms. The van der Waals surface area contributed by atoms with E-state index in [1.807, 2.05) is 35.2 Å². The van der Waals surface area contributed by atoms with Crippen molar-refractivity contribution in [3.63, 3.8) is 0 Å². The fraction of sp³-hybridized carbons (Fsp3) is 0.357. The third kappa shape index (κ3) is 3.86. The highest BCUT2D eigenvalue weighted by atomic mass is 32.1. The fourth-order valence-corrected chi connectivity index (χ4v) is 1.92. The Labute approximate surface area is 109 Å². The second-order valence-corrected chi connectivity index (χ2v) is 3.99. The van der Waals surface area contributed by atoms with Crippen molar-refractivity contribution < 1.29 is 4.74 Å². The molecule has 92 valence electrons. The molecule has 0 unspecified atom stereocenters. The molecule has 1 rings (SSSR count). The molecule has 17 heavy (non-hydrogen) atoms. The SMILES string of the molecule is C=CCc1ccccc1OC(=S)N(CC)CC. The van der Waals surface area contributed by atoms with Gasteiger partial charge in [0.05, 0.1) is 0 Å². The van der Waals surface area contributed by atoms with Gasteiger partial charge in [-0.2, -0.15) is 0 Å². The summed E-state index contributed by atoms with van der Waals surface area (Å²) in [6.07, 6.45) is 2.65. The van der Waals surface area contributed by atoms with Crippen LogP contribution in [-0.4, -0.2) is 23.2 Å². The van der Waals surface area contributed by atoms with E-state index in [4.69, 9.17) is 17.0 Å². The quantitative estimate of drug-likeness (QED) is 0.586. The number of ether oxygens (including phenoxy) is 1. The standard InChI is InChI=1S/C14H19NOS/c1-4-9-12-10-7-8-11-13(12)16-14(17)15(5-2)6-3/h4,7-8,10-11H,1,5-6,9H2,2-3H3. The van der Waals surface area contributed by atoms with Crippen molar-refractivity contribution >= 4 is 17.4 Å². The summed E-state index contributed by atoms with van der Waals surface area (Å²) in [6.45, 7) is 9.59. The van der Waals surface area contributed by atoms with E-state index in [-0.39, 0.29) is 0 Å². The normalized spacial score (nSPS) is 9.76. The van der Waals surface area contributed by atoms with Crippen LogP contribution in [0, 0.1) is 0 Å². The molecule has 0 bridgehead atoms. The molecule has 0 aliphatic heterocycles. The first-order valence-corrected chi connectivity index (χ1v) is 6.29. The highest BCUT2D eigenvalue weighted by molar-refractivity contribution is 7.80. The molecular weight excluding hydrogens is 230 g/mol. The van der Waals surface area contributed by atoms with Gasteiger partial charge < -0.3 is 9.64 Å². The fourth-order valence-electron chi connectivity index (χ4n) is 1.57. The summed E-state index contributed by atoms with van der Waals surface area (Å²) < 4.78 is 5.75. The van der Waals surface area contributed by atoms with Crippen LogP contribution in [-0.2, 0) is 6.42 Å². The molecule has 0 heterocycles. The van der Waals surface area contributed by atoms with E-state index in [0.29, 0.717) is 5.17 Å². The van der Waals surface area contributed by atoms with Crippen LogP contribution >= 0.6 is 12.2 Å². The van der Waals surface area contributed by atoms with E-state index >= 15 is 0 Å². The molecule has 0 saturated carbocycles. The Morgan fingerprint density at radius 2 is 2.00 bits per heavy atom. The molecule has 0 saturated heterocycles. The molecule has 0 aliphatic carbocycles. The Morgan fingerprint density at radius 3 is 2.59 bits per heavy atom. The van der Waals surface area contributed by atoms with Crippen LogP contribution in [0.3, 0.4) is 0 Å². The Morgan fingerprint density at radius 1 is 1.35 bits per heavy atom. The van der Waals surface area contributed by atoms with Gasteiger partial charge in [0, 0.05) is 13.1 Å². The summed E-state index contributed by atoms with van der Waals surface area (Å²) in [4.78, 5) is 2.01. The van der Waals surface area contributed by atoms with Crippen LogP contribution in [0.15, 0.2) is 36.9 Å². The zero-order valence-corrected chi connectivity index (χ0v) is 11.3. The second kappa shape index (κ2) is 7.07. The van der Waals surface area contributed by atoms with Crippen molar-refractivity contribution in [1.82, 2.24) is 4.90 Å². The largest absolute Gasteiger partial charge is 0.431 e. The van der Waals surface area contributed by atoms with E-state index in [9.17, 15) is 0 Å². The number of rotatable bonds is 5. The van der Waals surface area contributed by atoms with Gasteiger partial charge in [-0.05, 0) is 44.1 Å². The van der Waals surface area contributed by atoms with Crippen LogP contribution in [0.1, 0.15) is 19.4 Å². The maximum Gasteiger partial charge on any atom is 0.264 e. The highest BCUT2D eigenvalue weighted by Crippen LogP contribution is 2.19. The molecule has 0 radical (unpaired) electrons. The van der Waals surface area contributed by atoms with Gasteiger partial charge in [-0.15, -0.1) is 6.58 Å². The number of hydrogen-bond donors (Lipinski definition) is 0. The molecule has 0 atom stereocenters. The van der Waals surface area contributed by atoms with Gasteiger partial charge in [0.15, 0.2) is 0 Å². The molecule has 0 aliphatic rings. The summed E-state index contributed by atoms with van der Waals surface area (Å²) in [5, 5.41) is 0.534. The molecular formula is C14H19NOS. The van der Waals surface area contributed by atoms with Gasteiger partial charge in [-0.25, -0.2) is 0 Å². The molecule has 1 aromatic carbocycles. The summed E-state index contributed by atoms with van der Waals surface area (Å²) in [6, 6.07) is 7.91. The lowest BCUT2D eigenvalue weighted by Crippen LogP contribution is -2.33. The molecule has 0 N–H and O–H groups in total. The van der Waals surface area contributed by atoms with E-state index in [1.165, 1.54) is 0 Å². The lowest BCUT2D eigenvalue weighted by molar-refractivity contribution is 0.377. The summed E-state index contributed by atoms with van der Waals surface area (Å²) in [7, 11) is 0. The third-order valence-corrected chi connectivity index (χ3v) is 2.90. The van der Waals surface area contributed by atoms with Crippen LogP contribution in [0.2, 0.25) is 0 Å². The summed E-state index contributed by atoms with van der Waals surface area (Å²) in [5.41, 5.74) is 1.11. The predicted molar refractivity (Wildman–Crippen MR) is 76.5 cm³/mol. The number of benzene rings is 1. The van der Waals surface area contributed by atoms with E-state index in [2.05, 4.69) is 20.4 Å². The zero-order chi connectivity index (χ0) is 12.7. The minimum absolute atomic E-state index is 0.534. The van der Waals surface area contributed by atoms with Crippen molar-refractivity contribution in [3.8, 4) is 5.75 Å². The average Bonchev–Trinajstić information content (AvgIpc) is 2.33. The van der Waals surface area contributed by atoms with Gasteiger partial charge >= 0.3 is 0 Å². The summed E-state index contributed by atoms with van der Waals surface area (Å²) in [5.74, 6) is 0.823. The third-order valence-electron chi connectivity index (χ3n) is 2.56. The molecule has 3 heteroatoms. The number of allylic oxidation sites excluding steroid dienone is 1. The maximum atomic E-state index is 5.75. The highest BCUT2D eigenvalue weighted by Gasteiger charge is 2.09. The second-order valence-electron chi connectivity index (χ2n) is 3.64. The van der Waals surface area contributed by atoms with Crippen LogP contribution in [0.25, 0.3) is 0 Å². The lowest BCUT2D eigenvalue weighted by atomic mass is 10.1. The molecule has 0 fully saturated rings. The number of para-hydroxylation sites is 1. The first kappa shape index (κ1) is 13.7. The minimum Gasteiger partial charge on any atom is -0.431 e. The molecule has 2 nitrogen and oxygen atoms in total. The van der Waals surface area contributed by atoms with E-state index in [0.717, 1.165) is 30.8 Å². The first-order chi connectivity index (χ1) is 8.22. The van der Waals surface area contributed by atoms with Gasteiger partial charge in [0.1, 0.15) is 5.75 Å². The molecule has 0 amide bonds. The van der Waals surface area contributed by atoms with Crippen molar-refractivity contribution in [2.24, 2.45) is 0 Å². The number of nitrogens with zero attached hydrogens (tertiary/aromatic N) is 1. The maximum absolute atomic E-state index is 5.75. The lowest BCUT2D eigenvalue weighted by Gasteiger charge is -2.21. The molecule has 1 aromatic rings. The topological polar surface area (TPSA) is 12.5 Å². The van der Waals surface area contributed by atoms with Gasteiger partial charge in [0.25, 0.3) is 5.17 Å². The average molecular weight is 249 g/mol. The Kier molecular flexibility index (Phi) is 5.70. The number of thiocarbonyl (C=S) groups is 1.